The van der Waals surface area contributed by atoms with Crippen molar-refractivity contribution < 1.29 is 27.1 Å². The molecule has 1 aromatic carbocycles. The van der Waals surface area contributed by atoms with Crippen LogP contribution in [-0.4, -0.2) is 38.2 Å². The third kappa shape index (κ3) is 4.05. The van der Waals surface area contributed by atoms with Crippen LogP contribution < -0.4 is 5.76 Å². The molecule has 164 valence electrons. The Morgan fingerprint density at radius 3 is 2.38 bits per heavy atom. The number of benzene rings is 1. The van der Waals surface area contributed by atoms with Crippen LogP contribution in [-0.2, 0) is 16.0 Å². The molecule has 0 unspecified atom stereocenters. The Bertz CT molecular complexity index is 1260. The molecule has 0 bridgehead atoms. The van der Waals surface area contributed by atoms with Crippen molar-refractivity contribution >= 4 is 0 Å². The normalized spacial score (nSPS) is 14.5. The van der Waals surface area contributed by atoms with Crippen LogP contribution in [0.3, 0.4) is 0 Å². The Kier molecular flexibility index (Phi) is 5.29. The molecule has 1 aliphatic heterocycles. The van der Waals surface area contributed by atoms with Crippen molar-refractivity contribution in [3.8, 4) is 22.9 Å². The summed E-state index contributed by atoms with van der Waals surface area (Å²) in [4.78, 5) is 16.4. The first kappa shape index (κ1) is 20.2. The lowest BCUT2D eigenvalue weighted by atomic mass is 10.1. The van der Waals surface area contributed by atoms with Gasteiger partial charge in [-0.05, 0) is 24.3 Å². The molecule has 0 aliphatic carbocycles. The van der Waals surface area contributed by atoms with Crippen LogP contribution in [0.1, 0.15) is 29.9 Å². The Morgan fingerprint density at radius 2 is 1.72 bits per heavy atom. The summed E-state index contributed by atoms with van der Waals surface area (Å²) >= 11 is 0. The average molecular weight is 443 g/mol. The van der Waals surface area contributed by atoms with Gasteiger partial charge in [-0.3, -0.25) is 4.98 Å². The van der Waals surface area contributed by atoms with Crippen LogP contribution in [0.5, 0.6) is 0 Å². The van der Waals surface area contributed by atoms with Gasteiger partial charge in [-0.1, -0.05) is 12.1 Å². The van der Waals surface area contributed by atoms with E-state index in [2.05, 4.69) is 20.3 Å². The third-order valence-corrected chi connectivity index (χ3v) is 4.67. The summed E-state index contributed by atoms with van der Waals surface area (Å²) in [6, 6.07) is 10.3. The summed E-state index contributed by atoms with van der Waals surface area (Å²) in [5.74, 6) is -1.31. The van der Waals surface area contributed by atoms with Crippen molar-refractivity contribution in [1.29, 1.82) is 0 Å². The molecule has 4 heterocycles. The fourth-order valence-electron chi connectivity index (χ4n) is 3.09. The van der Waals surface area contributed by atoms with Crippen molar-refractivity contribution in [2.75, 3.05) is 13.2 Å². The quantitative estimate of drug-likeness (QED) is 0.443. The van der Waals surface area contributed by atoms with Gasteiger partial charge in [-0.2, -0.15) is 13.5 Å². The summed E-state index contributed by atoms with van der Waals surface area (Å²) in [6.45, 7) is 1.15. The molecule has 0 N–H and O–H groups in total. The molecule has 12 heteroatoms. The highest BCUT2D eigenvalue weighted by Gasteiger charge is 2.19. The number of halogens is 2. The molecule has 32 heavy (non-hydrogen) atoms. The molecule has 1 aliphatic rings. The Morgan fingerprint density at radius 1 is 0.969 bits per heavy atom. The molecule has 0 atom stereocenters. The zero-order chi connectivity index (χ0) is 22.1. The standard InChI is InChI=1S/C20H15F2N5O5/c21-15(22)18-25-24-16(31-18)13-5-6-14(23-9-13)10-27-20(28)32-17(26-27)11-1-3-12(4-2-11)19-29-7-8-30-19/h1-6,9,15,19H,7-8,10H2. The summed E-state index contributed by atoms with van der Waals surface area (Å²) < 4.78 is 47.4. The monoisotopic (exact) mass is 443 g/mol. The lowest BCUT2D eigenvalue weighted by Gasteiger charge is -2.08. The topological polar surface area (TPSA) is 118 Å². The number of aromatic nitrogens is 5. The third-order valence-electron chi connectivity index (χ3n) is 4.67. The van der Waals surface area contributed by atoms with Gasteiger partial charge >= 0.3 is 12.2 Å². The van der Waals surface area contributed by atoms with Crippen molar-refractivity contribution in [2.24, 2.45) is 0 Å². The first-order valence-corrected chi connectivity index (χ1v) is 9.55. The number of rotatable bonds is 6. The lowest BCUT2D eigenvalue weighted by molar-refractivity contribution is -0.0441. The van der Waals surface area contributed by atoms with Gasteiger partial charge in [0.05, 0.1) is 31.0 Å². The Labute approximate surface area is 178 Å². The molecule has 0 radical (unpaired) electrons. The number of hydrogen-bond acceptors (Lipinski definition) is 9. The number of nitrogens with zero attached hydrogens (tertiary/aromatic N) is 5. The van der Waals surface area contributed by atoms with Gasteiger partial charge in [0.1, 0.15) is 0 Å². The second-order valence-electron chi connectivity index (χ2n) is 6.81. The van der Waals surface area contributed by atoms with E-state index in [0.29, 0.717) is 30.0 Å². The van der Waals surface area contributed by atoms with Crippen LogP contribution in [0.15, 0.2) is 56.2 Å². The van der Waals surface area contributed by atoms with Crippen molar-refractivity contribution in [3.05, 3.63) is 70.3 Å². The van der Waals surface area contributed by atoms with Gasteiger partial charge in [0, 0.05) is 17.3 Å². The van der Waals surface area contributed by atoms with E-state index in [0.717, 1.165) is 10.2 Å². The molecule has 4 aromatic rings. The first-order valence-electron chi connectivity index (χ1n) is 9.55. The van der Waals surface area contributed by atoms with Crippen LogP contribution in [0.4, 0.5) is 8.78 Å². The maximum atomic E-state index is 12.6. The first-order chi connectivity index (χ1) is 15.6. The van der Waals surface area contributed by atoms with E-state index in [1.165, 1.54) is 6.20 Å². The van der Waals surface area contributed by atoms with Crippen LogP contribution in [0.25, 0.3) is 22.9 Å². The fourth-order valence-corrected chi connectivity index (χ4v) is 3.09. The highest BCUT2D eigenvalue weighted by Crippen LogP contribution is 2.26. The zero-order valence-electron chi connectivity index (χ0n) is 16.4. The lowest BCUT2D eigenvalue weighted by Crippen LogP contribution is -2.17. The minimum Gasteiger partial charge on any atom is -0.415 e. The zero-order valence-corrected chi connectivity index (χ0v) is 16.4. The van der Waals surface area contributed by atoms with E-state index in [1.54, 1.807) is 24.3 Å². The fraction of sp³-hybridized carbons (Fsp3) is 0.250. The van der Waals surface area contributed by atoms with Gasteiger partial charge in [0.2, 0.25) is 11.8 Å². The maximum absolute atomic E-state index is 12.6. The molecule has 1 saturated heterocycles. The Balaban J connectivity index is 1.30. The minimum atomic E-state index is -2.85. The molecule has 0 spiro atoms. The number of hydrogen-bond donors (Lipinski definition) is 0. The van der Waals surface area contributed by atoms with Crippen molar-refractivity contribution in [2.45, 2.75) is 19.3 Å². The van der Waals surface area contributed by atoms with Crippen LogP contribution >= 0.6 is 0 Å². The van der Waals surface area contributed by atoms with E-state index >= 15 is 0 Å². The van der Waals surface area contributed by atoms with Gasteiger partial charge in [-0.25, -0.2) is 4.79 Å². The second-order valence-corrected chi connectivity index (χ2v) is 6.81. The van der Waals surface area contributed by atoms with Gasteiger partial charge < -0.3 is 18.3 Å². The predicted octanol–water partition coefficient (Wildman–Crippen LogP) is 2.98. The summed E-state index contributed by atoms with van der Waals surface area (Å²) in [5.41, 5.74) is 2.35. The SMILES string of the molecule is O=c1oc(-c2ccc(C3OCCO3)cc2)nn1Cc1ccc(-c2nnc(C(F)F)o2)cn1. The maximum Gasteiger partial charge on any atom is 0.437 e. The molecule has 5 rings (SSSR count). The average Bonchev–Trinajstić information content (AvgIpc) is 3.57. The van der Waals surface area contributed by atoms with Crippen molar-refractivity contribution in [3.63, 3.8) is 0 Å². The second kappa shape index (κ2) is 8.40. The highest BCUT2D eigenvalue weighted by atomic mass is 19.3. The largest absolute Gasteiger partial charge is 0.437 e. The van der Waals surface area contributed by atoms with E-state index in [9.17, 15) is 13.6 Å². The molecular formula is C20H15F2N5O5. The van der Waals surface area contributed by atoms with Gasteiger partial charge in [-0.15, -0.1) is 15.3 Å². The van der Waals surface area contributed by atoms with E-state index in [1.807, 2.05) is 12.1 Å². The summed E-state index contributed by atoms with van der Waals surface area (Å²) in [6.07, 6.45) is -1.86. The van der Waals surface area contributed by atoms with E-state index in [-0.39, 0.29) is 18.3 Å². The number of alkyl halides is 2. The van der Waals surface area contributed by atoms with Crippen molar-refractivity contribution in [1.82, 2.24) is 25.0 Å². The van der Waals surface area contributed by atoms with E-state index in [4.69, 9.17) is 18.3 Å². The predicted molar refractivity (Wildman–Crippen MR) is 102 cm³/mol. The van der Waals surface area contributed by atoms with Crippen LogP contribution in [0.2, 0.25) is 0 Å². The number of ether oxygens (including phenoxy) is 2. The molecule has 3 aromatic heterocycles. The van der Waals surface area contributed by atoms with E-state index < -0.39 is 24.4 Å². The molecule has 0 saturated carbocycles. The summed E-state index contributed by atoms with van der Waals surface area (Å²) in [7, 11) is 0. The molecule has 0 amide bonds. The van der Waals surface area contributed by atoms with Gasteiger partial charge in [0.25, 0.3) is 5.89 Å². The Hall–Kier alpha value is -3.77. The van der Waals surface area contributed by atoms with Gasteiger partial charge in [0.15, 0.2) is 6.29 Å². The minimum absolute atomic E-state index is 0.0522. The number of pyridine rings is 1. The smallest absolute Gasteiger partial charge is 0.415 e. The summed E-state index contributed by atoms with van der Waals surface area (Å²) in [5, 5.41) is 11.1. The van der Waals surface area contributed by atoms with Crippen LogP contribution in [0, 0.1) is 0 Å². The molecule has 1 fully saturated rings. The molecule has 10 nitrogen and oxygen atoms in total. The molecular weight excluding hydrogens is 428 g/mol. The highest BCUT2D eigenvalue weighted by molar-refractivity contribution is 5.53.